The van der Waals surface area contributed by atoms with Crippen LogP contribution >= 0.6 is 23.2 Å². The van der Waals surface area contributed by atoms with Crippen molar-refractivity contribution < 1.29 is 35.5 Å². The molecule has 2 nitrogen and oxygen atoms in total. The lowest BCUT2D eigenvalue weighted by molar-refractivity contribution is -0.343. The van der Waals surface area contributed by atoms with Gasteiger partial charge in [0.15, 0.2) is 0 Å². The van der Waals surface area contributed by atoms with Gasteiger partial charge in [0.1, 0.15) is 0 Å². The first-order valence-electron chi connectivity index (χ1n) is 5.28. The number of hydrogen-bond acceptors (Lipinski definition) is 1. The molecule has 0 spiro atoms. The molecule has 0 aliphatic heterocycles. The molecule has 0 atom stereocenters. The van der Waals surface area contributed by atoms with E-state index in [1.54, 1.807) is 0 Å². The minimum absolute atomic E-state index is 0.0859. The molecular weight excluding hydrogens is 366 g/mol. The summed E-state index contributed by atoms with van der Waals surface area (Å²) in [5, 5.41) is -0.263. The minimum Gasteiger partial charge on any atom is -0.310 e. The van der Waals surface area contributed by atoms with Crippen LogP contribution in [0.4, 0.5) is 36.4 Å². The first-order chi connectivity index (χ1) is 9.71. The summed E-state index contributed by atoms with van der Waals surface area (Å²) >= 11 is 11.1. The molecule has 0 radical (unpaired) electrons. The third kappa shape index (κ3) is 3.24. The van der Waals surface area contributed by atoms with Crippen LogP contribution in [0.15, 0.2) is 18.2 Å². The summed E-state index contributed by atoms with van der Waals surface area (Å²) in [6.45, 7) is 0. The Kier molecular flexibility index (Phi) is 4.94. The lowest BCUT2D eigenvalue weighted by atomic mass is 10.1. The van der Waals surface area contributed by atoms with Gasteiger partial charge in [-0.05, 0) is 18.2 Å². The average Bonchev–Trinajstić information content (AvgIpc) is 2.34. The topological polar surface area (TPSA) is 20.3 Å². The quantitative estimate of drug-likeness (QED) is 0.699. The van der Waals surface area contributed by atoms with Crippen LogP contribution in [0.3, 0.4) is 0 Å². The third-order valence-corrected chi connectivity index (χ3v) is 2.99. The molecule has 0 saturated carbocycles. The van der Waals surface area contributed by atoms with Crippen molar-refractivity contribution in [1.29, 1.82) is 0 Å². The lowest BCUT2D eigenvalue weighted by Gasteiger charge is -2.30. The van der Waals surface area contributed by atoms with Crippen LogP contribution in [0, 0.1) is 0 Å². The summed E-state index contributed by atoms with van der Waals surface area (Å²) in [4.78, 5) is 11.3. The van der Waals surface area contributed by atoms with E-state index in [0.717, 1.165) is 18.2 Å². The van der Waals surface area contributed by atoms with E-state index in [1.807, 2.05) is 0 Å². The number of nitrogens with zero attached hydrogens (tertiary/aromatic N) is 1. The van der Waals surface area contributed by atoms with Gasteiger partial charge in [-0.3, -0.25) is 4.79 Å². The van der Waals surface area contributed by atoms with E-state index < -0.39 is 29.6 Å². The number of amides is 1. The summed E-state index contributed by atoms with van der Waals surface area (Å²) in [7, 11) is 0.588. The molecular formula is C11H6Cl2F7NO. The highest BCUT2D eigenvalue weighted by atomic mass is 35.5. The predicted molar refractivity (Wildman–Crippen MR) is 65.8 cm³/mol. The first-order valence-corrected chi connectivity index (χ1v) is 6.04. The Bertz CT molecular complexity index is 568. The normalized spacial score (nSPS) is 13.2. The maximum absolute atomic E-state index is 13.3. The molecule has 0 N–H and O–H groups in total. The van der Waals surface area contributed by atoms with Crippen LogP contribution in [-0.4, -0.2) is 31.0 Å². The van der Waals surface area contributed by atoms with Crippen molar-refractivity contribution in [3.05, 3.63) is 28.2 Å². The van der Waals surface area contributed by atoms with E-state index in [-0.39, 0.29) is 14.9 Å². The molecule has 0 aromatic heterocycles. The highest BCUT2D eigenvalue weighted by Gasteiger charge is 2.76. The summed E-state index contributed by atoms with van der Waals surface area (Å²) in [6, 6.07) is 2.94. The van der Waals surface area contributed by atoms with Gasteiger partial charge in [0.25, 0.3) is 0 Å². The van der Waals surface area contributed by atoms with E-state index in [4.69, 9.17) is 23.2 Å². The second-order valence-electron chi connectivity index (χ2n) is 4.14. The van der Waals surface area contributed by atoms with Crippen molar-refractivity contribution in [3.63, 3.8) is 0 Å². The predicted octanol–water partition coefficient (Wildman–Crippen LogP) is 4.79. The highest BCUT2D eigenvalue weighted by Crippen LogP contribution is 2.47. The summed E-state index contributed by atoms with van der Waals surface area (Å²) in [5.41, 5.74) is -0.472. The Balaban J connectivity index is 3.23. The second kappa shape index (κ2) is 5.77. The zero-order chi connectivity index (χ0) is 17.5. The van der Waals surface area contributed by atoms with Gasteiger partial charge in [0.05, 0.1) is 0 Å². The fraction of sp³-hybridized carbons (Fsp3) is 0.364. The Labute approximate surface area is 129 Å². The van der Waals surface area contributed by atoms with Crippen molar-refractivity contribution >= 4 is 34.8 Å². The van der Waals surface area contributed by atoms with E-state index in [0.29, 0.717) is 7.05 Å². The molecule has 1 amide bonds. The molecule has 0 unspecified atom stereocenters. The SMILES string of the molecule is CN(C(=O)C(F)(F)C(F)(F)C(F)(F)F)c1cc(Cl)cc(Cl)c1. The number of alkyl halides is 7. The monoisotopic (exact) mass is 371 g/mol. The number of carbonyl (C=O) groups is 1. The Morgan fingerprint density at radius 1 is 0.955 bits per heavy atom. The lowest BCUT2D eigenvalue weighted by Crippen LogP contribution is -2.59. The molecule has 0 saturated heterocycles. The zero-order valence-corrected chi connectivity index (χ0v) is 12.0. The summed E-state index contributed by atoms with van der Waals surface area (Å²) < 4.78 is 88.4. The molecule has 1 aromatic rings. The fourth-order valence-electron chi connectivity index (χ4n) is 1.37. The van der Waals surface area contributed by atoms with Gasteiger partial charge in [0.2, 0.25) is 0 Å². The molecule has 0 aliphatic rings. The van der Waals surface area contributed by atoms with Crippen molar-refractivity contribution in [2.24, 2.45) is 0 Å². The number of anilines is 1. The Hall–Kier alpha value is -1.22. The summed E-state index contributed by atoms with van der Waals surface area (Å²) in [5.74, 6) is -15.3. The molecule has 0 aliphatic carbocycles. The molecule has 0 bridgehead atoms. The van der Waals surface area contributed by atoms with Gasteiger partial charge in [-0.25, -0.2) is 0 Å². The smallest absolute Gasteiger partial charge is 0.310 e. The Morgan fingerprint density at radius 2 is 1.36 bits per heavy atom. The number of rotatable bonds is 3. The highest BCUT2D eigenvalue weighted by molar-refractivity contribution is 6.35. The van der Waals surface area contributed by atoms with Crippen LogP contribution in [0.2, 0.25) is 10.0 Å². The van der Waals surface area contributed by atoms with Crippen LogP contribution in [0.25, 0.3) is 0 Å². The van der Waals surface area contributed by atoms with Gasteiger partial charge in [-0.1, -0.05) is 23.2 Å². The Morgan fingerprint density at radius 3 is 1.73 bits per heavy atom. The van der Waals surface area contributed by atoms with E-state index in [9.17, 15) is 35.5 Å². The van der Waals surface area contributed by atoms with Crippen LogP contribution in [0.1, 0.15) is 0 Å². The number of halogens is 9. The molecule has 11 heteroatoms. The van der Waals surface area contributed by atoms with Crippen molar-refractivity contribution in [3.8, 4) is 0 Å². The largest absolute Gasteiger partial charge is 0.460 e. The molecule has 1 rings (SSSR count). The van der Waals surface area contributed by atoms with E-state index >= 15 is 0 Å². The van der Waals surface area contributed by atoms with Crippen LogP contribution in [0.5, 0.6) is 0 Å². The first kappa shape index (κ1) is 18.8. The number of hydrogen-bond donors (Lipinski definition) is 0. The van der Waals surface area contributed by atoms with E-state index in [2.05, 4.69) is 0 Å². The third-order valence-electron chi connectivity index (χ3n) is 2.56. The molecule has 0 heterocycles. The number of benzene rings is 1. The maximum Gasteiger partial charge on any atom is 0.460 e. The number of carbonyl (C=O) groups excluding carboxylic acids is 1. The van der Waals surface area contributed by atoms with Crippen molar-refractivity contribution in [2.75, 3.05) is 11.9 Å². The van der Waals surface area contributed by atoms with E-state index in [1.165, 1.54) is 0 Å². The summed E-state index contributed by atoms with van der Waals surface area (Å²) in [6.07, 6.45) is -6.60. The van der Waals surface area contributed by atoms with Crippen LogP contribution < -0.4 is 4.90 Å². The van der Waals surface area contributed by atoms with Gasteiger partial charge >= 0.3 is 23.9 Å². The standard InChI is InChI=1S/C11H6Cl2F7NO/c1-21(7-3-5(12)2-6(13)4-7)8(22)9(14,15)10(16,17)11(18,19)20/h2-4H,1H3. The van der Waals surface area contributed by atoms with Gasteiger partial charge in [0, 0.05) is 22.8 Å². The molecule has 1 aromatic carbocycles. The maximum atomic E-state index is 13.3. The molecule has 0 fully saturated rings. The van der Waals surface area contributed by atoms with Crippen molar-refractivity contribution in [1.82, 2.24) is 0 Å². The van der Waals surface area contributed by atoms with Crippen molar-refractivity contribution in [2.45, 2.75) is 18.0 Å². The van der Waals surface area contributed by atoms with Crippen LogP contribution in [-0.2, 0) is 4.79 Å². The average molecular weight is 372 g/mol. The second-order valence-corrected chi connectivity index (χ2v) is 5.01. The molecule has 22 heavy (non-hydrogen) atoms. The van der Waals surface area contributed by atoms with Gasteiger partial charge in [-0.15, -0.1) is 0 Å². The fourth-order valence-corrected chi connectivity index (χ4v) is 1.89. The zero-order valence-electron chi connectivity index (χ0n) is 10.5. The molecule has 124 valence electrons. The van der Waals surface area contributed by atoms with Gasteiger partial charge in [-0.2, -0.15) is 30.7 Å². The minimum atomic E-state index is -6.60. The van der Waals surface area contributed by atoms with Gasteiger partial charge < -0.3 is 4.90 Å².